The summed E-state index contributed by atoms with van der Waals surface area (Å²) in [5.74, 6) is 2.49. The van der Waals surface area contributed by atoms with Gasteiger partial charge in [-0.15, -0.1) is 0 Å². The van der Waals surface area contributed by atoms with E-state index >= 15 is 0 Å². The average Bonchev–Trinajstić information content (AvgIpc) is 2.12. The molecule has 0 aliphatic rings. The van der Waals surface area contributed by atoms with Crippen LogP contribution in [0, 0.1) is 17.8 Å². The van der Waals surface area contributed by atoms with Crippen molar-refractivity contribution in [2.75, 3.05) is 0 Å². The van der Waals surface area contributed by atoms with Crippen LogP contribution in [0.15, 0.2) is 0 Å². The van der Waals surface area contributed by atoms with Gasteiger partial charge in [-0.3, -0.25) is 0 Å². The minimum absolute atomic E-state index is 0.700. The van der Waals surface area contributed by atoms with Crippen molar-refractivity contribution >= 4 is 15.9 Å². The molecule has 1 heteroatoms. The molecule has 0 aromatic carbocycles. The summed E-state index contributed by atoms with van der Waals surface area (Å²) in [5, 5.41) is 0. The predicted molar refractivity (Wildman–Crippen MR) is 65.4 cm³/mol. The molecule has 80 valence electrons. The van der Waals surface area contributed by atoms with Crippen molar-refractivity contribution < 1.29 is 0 Å². The van der Waals surface area contributed by atoms with Crippen LogP contribution in [0.2, 0.25) is 0 Å². The molecule has 0 saturated heterocycles. The summed E-state index contributed by atoms with van der Waals surface area (Å²) in [4.78, 5) is 0.700. The summed E-state index contributed by atoms with van der Waals surface area (Å²) in [5.41, 5.74) is 0. The van der Waals surface area contributed by atoms with Gasteiger partial charge in [-0.1, -0.05) is 63.4 Å². The van der Waals surface area contributed by atoms with Crippen molar-refractivity contribution in [2.45, 2.75) is 58.7 Å². The zero-order valence-corrected chi connectivity index (χ0v) is 11.4. The normalized spacial score (nSPS) is 18.7. The summed E-state index contributed by atoms with van der Waals surface area (Å²) in [6.07, 6.45) is 3.99. The standard InChI is InChI=1S/C12H25Br/c1-6-10(5)8-11(7-2)12(13)9(3)4/h9-12H,6-8H2,1-5H3. The molecule has 0 aromatic heterocycles. The SMILES string of the molecule is CCC(C)CC(CC)C(Br)C(C)C. The van der Waals surface area contributed by atoms with E-state index in [1.165, 1.54) is 19.3 Å². The zero-order chi connectivity index (χ0) is 10.4. The number of rotatable bonds is 6. The zero-order valence-electron chi connectivity index (χ0n) is 9.81. The van der Waals surface area contributed by atoms with Crippen molar-refractivity contribution in [3.63, 3.8) is 0 Å². The third-order valence-corrected chi connectivity index (χ3v) is 4.82. The smallest absolute Gasteiger partial charge is 0.0197 e. The van der Waals surface area contributed by atoms with Gasteiger partial charge in [0.1, 0.15) is 0 Å². The highest BCUT2D eigenvalue weighted by Gasteiger charge is 2.21. The molecule has 0 aliphatic carbocycles. The van der Waals surface area contributed by atoms with E-state index in [1.54, 1.807) is 0 Å². The van der Waals surface area contributed by atoms with Gasteiger partial charge in [0.2, 0.25) is 0 Å². The maximum absolute atomic E-state index is 3.83. The van der Waals surface area contributed by atoms with Crippen LogP contribution >= 0.6 is 15.9 Å². The Morgan fingerprint density at radius 2 is 1.54 bits per heavy atom. The minimum Gasteiger partial charge on any atom is -0.0885 e. The van der Waals surface area contributed by atoms with E-state index in [2.05, 4.69) is 50.5 Å². The Balaban J connectivity index is 4.01. The van der Waals surface area contributed by atoms with Gasteiger partial charge in [0, 0.05) is 4.83 Å². The Labute approximate surface area is 92.6 Å². The first kappa shape index (κ1) is 13.5. The second kappa shape index (κ2) is 6.86. The summed E-state index contributed by atoms with van der Waals surface area (Å²) in [6, 6.07) is 0. The van der Waals surface area contributed by atoms with Gasteiger partial charge >= 0.3 is 0 Å². The Hall–Kier alpha value is 0.480. The molecular weight excluding hydrogens is 224 g/mol. The molecule has 0 bridgehead atoms. The van der Waals surface area contributed by atoms with Gasteiger partial charge in [-0.05, 0) is 24.2 Å². The van der Waals surface area contributed by atoms with Crippen molar-refractivity contribution in [3.05, 3.63) is 0 Å². The van der Waals surface area contributed by atoms with Gasteiger partial charge in [0.15, 0.2) is 0 Å². The third kappa shape index (κ3) is 5.05. The van der Waals surface area contributed by atoms with Crippen molar-refractivity contribution in [1.82, 2.24) is 0 Å². The molecule has 0 radical (unpaired) electrons. The van der Waals surface area contributed by atoms with Crippen LogP contribution in [0.25, 0.3) is 0 Å². The van der Waals surface area contributed by atoms with Gasteiger partial charge in [-0.2, -0.15) is 0 Å². The van der Waals surface area contributed by atoms with Crippen LogP contribution in [0.5, 0.6) is 0 Å². The highest BCUT2D eigenvalue weighted by molar-refractivity contribution is 9.09. The molecule has 0 amide bonds. The molecule has 0 spiro atoms. The second-order valence-electron chi connectivity index (χ2n) is 4.61. The molecule has 3 unspecified atom stereocenters. The quantitative estimate of drug-likeness (QED) is 0.589. The first-order valence-electron chi connectivity index (χ1n) is 5.66. The molecule has 0 saturated carbocycles. The van der Waals surface area contributed by atoms with E-state index in [4.69, 9.17) is 0 Å². The van der Waals surface area contributed by atoms with Gasteiger partial charge in [0.25, 0.3) is 0 Å². The number of hydrogen-bond donors (Lipinski definition) is 0. The summed E-state index contributed by atoms with van der Waals surface area (Å²) >= 11 is 3.83. The van der Waals surface area contributed by atoms with Gasteiger partial charge in [-0.25, -0.2) is 0 Å². The van der Waals surface area contributed by atoms with Crippen LogP contribution in [0.4, 0.5) is 0 Å². The first-order valence-corrected chi connectivity index (χ1v) is 6.58. The highest BCUT2D eigenvalue weighted by atomic mass is 79.9. The fourth-order valence-corrected chi connectivity index (χ4v) is 2.34. The molecular formula is C12H25Br. The highest BCUT2D eigenvalue weighted by Crippen LogP contribution is 2.30. The number of hydrogen-bond acceptors (Lipinski definition) is 0. The third-order valence-electron chi connectivity index (χ3n) is 3.01. The molecule has 0 fully saturated rings. The topological polar surface area (TPSA) is 0 Å². The molecule has 0 N–H and O–H groups in total. The molecule has 3 atom stereocenters. The molecule has 0 nitrogen and oxygen atoms in total. The van der Waals surface area contributed by atoms with Crippen LogP contribution in [0.3, 0.4) is 0 Å². The molecule has 0 aromatic rings. The molecule has 0 aliphatic heterocycles. The molecule has 0 heterocycles. The Kier molecular flexibility index (Phi) is 7.12. The van der Waals surface area contributed by atoms with Crippen LogP contribution in [-0.4, -0.2) is 4.83 Å². The van der Waals surface area contributed by atoms with Gasteiger partial charge < -0.3 is 0 Å². The van der Waals surface area contributed by atoms with Crippen LogP contribution in [-0.2, 0) is 0 Å². The summed E-state index contributed by atoms with van der Waals surface area (Å²) < 4.78 is 0. The summed E-state index contributed by atoms with van der Waals surface area (Å²) in [6.45, 7) is 11.6. The number of halogens is 1. The van der Waals surface area contributed by atoms with E-state index in [-0.39, 0.29) is 0 Å². The maximum Gasteiger partial charge on any atom is 0.0197 e. The van der Waals surface area contributed by atoms with Crippen molar-refractivity contribution in [3.8, 4) is 0 Å². The van der Waals surface area contributed by atoms with E-state index in [9.17, 15) is 0 Å². The lowest BCUT2D eigenvalue weighted by Crippen LogP contribution is -2.21. The lowest BCUT2D eigenvalue weighted by molar-refractivity contribution is 0.334. The maximum atomic E-state index is 3.83. The van der Waals surface area contributed by atoms with E-state index in [0.29, 0.717) is 4.83 Å². The Morgan fingerprint density at radius 3 is 1.85 bits per heavy atom. The van der Waals surface area contributed by atoms with Crippen molar-refractivity contribution in [1.29, 1.82) is 0 Å². The van der Waals surface area contributed by atoms with E-state index < -0.39 is 0 Å². The van der Waals surface area contributed by atoms with Crippen molar-refractivity contribution in [2.24, 2.45) is 17.8 Å². The summed E-state index contributed by atoms with van der Waals surface area (Å²) in [7, 11) is 0. The number of alkyl halides is 1. The first-order chi connectivity index (χ1) is 6.02. The largest absolute Gasteiger partial charge is 0.0885 e. The van der Waals surface area contributed by atoms with E-state index in [0.717, 1.165) is 17.8 Å². The fraction of sp³-hybridized carbons (Fsp3) is 1.00. The lowest BCUT2D eigenvalue weighted by atomic mass is 9.86. The second-order valence-corrected chi connectivity index (χ2v) is 5.66. The van der Waals surface area contributed by atoms with E-state index in [1.807, 2.05) is 0 Å². The predicted octanol–water partition coefficient (Wildman–Crippen LogP) is 4.87. The fourth-order valence-electron chi connectivity index (χ4n) is 1.75. The average molecular weight is 249 g/mol. The van der Waals surface area contributed by atoms with Crippen LogP contribution < -0.4 is 0 Å². The lowest BCUT2D eigenvalue weighted by Gasteiger charge is -2.26. The Bertz CT molecular complexity index is 120. The van der Waals surface area contributed by atoms with Crippen LogP contribution in [0.1, 0.15) is 53.9 Å². The molecule has 13 heavy (non-hydrogen) atoms. The minimum atomic E-state index is 0.700. The van der Waals surface area contributed by atoms with Gasteiger partial charge in [0.05, 0.1) is 0 Å². The monoisotopic (exact) mass is 248 g/mol. The Morgan fingerprint density at radius 1 is 1.00 bits per heavy atom. The molecule has 0 rings (SSSR count).